The molecular weight excluding hydrogens is 727 g/mol. The van der Waals surface area contributed by atoms with Crippen LogP contribution in [0.2, 0.25) is 0 Å². The van der Waals surface area contributed by atoms with Crippen molar-refractivity contribution in [2.75, 3.05) is 4.90 Å². The summed E-state index contributed by atoms with van der Waals surface area (Å²) in [5.74, 6) is 0. The number of nitrogens with zero attached hydrogens (tertiary/aromatic N) is 1. The summed E-state index contributed by atoms with van der Waals surface area (Å²) < 4.78 is 161. The lowest BCUT2D eigenvalue weighted by atomic mass is 9.98. The molecule has 10 aromatic carbocycles. The maximum atomic E-state index is 9.75. The van der Waals surface area contributed by atoms with Gasteiger partial charge in [-0.15, -0.1) is 0 Å². The Hall–Kier alpha value is -7.94. The van der Waals surface area contributed by atoms with Crippen molar-refractivity contribution in [3.05, 3.63) is 236 Å². The summed E-state index contributed by atoms with van der Waals surface area (Å²) in [6.07, 6.45) is 0. The van der Waals surface area contributed by atoms with Crippen LogP contribution in [0, 0.1) is 0 Å². The Morgan fingerprint density at radius 1 is 0.350 bits per heavy atom. The number of furan rings is 1. The van der Waals surface area contributed by atoms with Crippen LogP contribution in [0.4, 0.5) is 17.1 Å². The molecule has 0 aliphatic carbocycles. The third-order valence-electron chi connectivity index (χ3n) is 10.4. The first-order chi connectivity index (χ1) is 36.8. The molecule has 0 N–H and O–H groups in total. The molecule has 0 fully saturated rings. The van der Waals surface area contributed by atoms with Gasteiger partial charge in [0.05, 0.1) is 29.0 Å². The van der Waals surface area contributed by atoms with Gasteiger partial charge in [0, 0.05) is 33.1 Å². The quantitative estimate of drug-likeness (QED) is 0.153. The van der Waals surface area contributed by atoms with Crippen molar-refractivity contribution in [1.29, 1.82) is 0 Å². The molecule has 1 aromatic heterocycles. The predicted octanol–water partition coefficient (Wildman–Crippen LogP) is 16.5. The van der Waals surface area contributed by atoms with Gasteiger partial charge < -0.3 is 9.32 Å². The van der Waals surface area contributed by atoms with Gasteiger partial charge in [-0.2, -0.15) is 0 Å². The Labute approximate surface area is 373 Å². The molecule has 0 unspecified atom stereocenters. The molecular formula is C58H39NO. The lowest BCUT2D eigenvalue weighted by Gasteiger charge is -2.28. The molecule has 1 heterocycles. The van der Waals surface area contributed by atoms with Crippen molar-refractivity contribution < 1.29 is 27.7 Å². The van der Waals surface area contributed by atoms with Gasteiger partial charge in [0.25, 0.3) is 0 Å². The molecule has 11 aromatic rings. The summed E-state index contributed by atoms with van der Waals surface area (Å²) in [7, 11) is 0. The molecule has 60 heavy (non-hydrogen) atoms. The van der Waals surface area contributed by atoms with Gasteiger partial charge in [-0.3, -0.25) is 0 Å². The van der Waals surface area contributed by atoms with Gasteiger partial charge in [-0.05, 0) is 104 Å². The number of rotatable bonds is 8. The molecule has 0 aliphatic heterocycles. The van der Waals surface area contributed by atoms with Gasteiger partial charge >= 0.3 is 0 Å². The van der Waals surface area contributed by atoms with E-state index in [0.717, 1.165) is 37.6 Å². The van der Waals surface area contributed by atoms with E-state index in [2.05, 4.69) is 0 Å². The van der Waals surface area contributed by atoms with Crippen molar-refractivity contribution in [2.24, 2.45) is 0 Å². The first-order valence-corrected chi connectivity index (χ1v) is 19.1. The van der Waals surface area contributed by atoms with Crippen LogP contribution in [0.25, 0.3) is 88.3 Å². The Morgan fingerprint density at radius 3 is 1.55 bits per heavy atom. The zero-order valence-electron chi connectivity index (χ0n) is 48.6. The van der Waals surface area contributed by atoms with E-state index in [1.54, 1.807) is 48.5 Å². The molecule has 0 spiro atoms. The van der Waals surface area contributed by atoms with Crippen LogP contribution in [0.1, 0.15) is 23.3 Å². The van der Waals surface area contributed by atoms with E-state index in [0.29, 0.717) is 27.9 Å². The molecule has 2 nitrogen and oxygen atoms in total. The average molecular weight is 783 g/mol. The summed E-state index contributed by atoms with van der Waals surface area (Å²) in [6.45, 7) is 0. The number of hydrogen-bond acceptors (Lipinski definition) is 2. The van der Waals surface area contributed by atoms with Crippen molar-refractivity contribution in [2.45, 2.75) is 0 Å². The summed E-state index contributed by atoms with van der Waals surface area (Å²) in [5.41, 5.74) is 0.894. The van der Waals surface area contributed by atoms with E-state index in [9.17, 15) is 11.0 Å². The maximum absolute atomic E-state index is 9.75. The fraction of sp³-hybridized carbons (Fsp3) is 0. The first-order valence-electron chi connectivity index (χ1n) is 27.6. The molecule has 282 valence electrons. The zero-order valence-corrected chi connectivity index (χ0v) is 31.6. The molecule has 0 aliphatic rings. The molecule has 2 heteroatoms. The minimum Gasteiger partial charge on any atom is -0.455 e. The SMILES string of the molecule is [2H]c1c([2H])c([2H])c(-c2c([2H])c([2H])c(-c3c([2H])c([2H])c(N(c4ccccc4-c4ccc5oc6c7ccccc7ccc6c5c4)c4c([2H])c([2H])c(-c5ccc(-c6ccccc6)cc5)c([2H])c4[2H])c([2H])c3[2H])c([2H])c2[2H])c([2H])c1[2H]. The molecule has 11 rings (SSSR count). The van der Waals surface area contributed by atoms with Crippen LogP contribution in [0.3, 0.4) is 0 Å². The van der Waals surface area contributed by atoms with E-state index in [4.69, 9.17) is 16.8 Å². The van der Waals surface area contributed by atoms with Crippen LogP contribution in [0.15, 0.2) is 241 Å². The lowest BCUT2D eigenvalue weighted by molar-refractivity contribution is 0.672. The Morgan fingerprint density at radius 2 is 0.867 bits per heavy atom. The van der Waals surface area contributed by atoms with Crippen LogP contribution in [-0.4, -0.2) is 0 Å². The topological polar surface area (TPSA) is 16.4 Å². The minimum atomic E-state index is -0.884. The monoisotopic (exact) mass is 782 g/mol. The number of anilines is 3. The molecule has 0 amide bonds. The first kappa shape index (κ1) is 21.7. The number of fused-ring (bicyclic) bond motifs is 5. The fourth-order valence-electron chi connectivity index (χ4n) is 7.44. The van der Waals surface area contributed by atoms with E-state index in [-0.39, 0.29) is 11.3 Å². The largest absolute Gasteiger partial charge is 0.455 e. The molecule has 0 bridgehead atoms. The highest BCUT2D eigenvalue weighted by atomic mass is 16.3. The second kappa shape index (κ2) is 15.1. The van der Waals surface area contributed by atoms with Crippen LogP contribution >= 0.6 is 0 Å². The smallest absolute Gasteiger partial charge is 0.143 e. The second-order valence-electron chi connectivity index (χ2n) is 14.0. The lowest BCUT2D eigenvalue weighted by Crippen LogP contribution is -2.11. The van der Waals surface area contributed by atoms with E-state index < -0.39 is 136 Å². The summed E-state index contributed by atoms with van der Waals surface area (Å²) >= 11 is 0. The van der Waals surface area contributed by atoms with Gasteiger partial charge in [0.15, 0.2) is 0 Å². The normalized spacial score (nSPS) is 15.3. The standard InChI is InChI=1S/C58H39NO/c1-3-11-40(12-4-1)42-19-23-44(24-20-42)46-27-33-50(34-28-46)59(51-35-29-47(30-36-51)45-25-21-43(22-26-45)41-13-5-2-6-14-41)56-18-10-9-16-52(56)49-32-38-57-55(39-49)54-37-31-48-15-7-8-17-53(48)58(54)60-57/h1-39H/i1D,3D,4D,11D,12D,19D,20D,23D,24D,27D,28D,29D,30D,33D,34D,35D,36D. The van der Waals surface area contributed by atoms with Crippen molar-refractivity contribution in [1.82, 2.24) is 0 Å². The van der Waals surface area contributed by atoms with Crippen molar-refractivity contribution in [3.63, 3.8) is 0 Å². The summed E-state index contributed by atoms with van der Waals surface area (Å²) in [5, 5.41) is 3.43. The molecule has 0 radical (unpaired) electrons. The van der Waals surface area contributed by atoms with Gasteiger partial charge in [0.1, 0.15) is 11.2 Å². The predicted molar refractivity (Wildman–Crippen MR) is 253 cm³/mol. The van der Waals surface area contributed by atoms with E-state index in [1.165, 1.54) is 0 Å². The van der Waals surface area contributed by atoms with Crippen LogP contribution < -0.4 is 4.90 Å². The van der Waals surface area contributed by atoms with Gasteiger partial charge in [-0.1, -0.05) is 188 Å². The second-order valence-corrected chi connectivity index (χ2v) is 14.0. The number of hydrogen-bond donors (Lipinski definition) is 0. The van der Waals surface area contributed by atoms with Crippen molar-refractivity contribution >= 4 is 49.8 Å². The third-order valence-corrected chi connectivity index (χ3v) is 10.4. The Bertz CT molecular complexity index is 4190. The van der Waals surface area contributed by atoms with Gasteiger partial charge in [-0.25, -0.2) is 0 Å². The zero-order chi connectivity index (χ0) is 54.6. The molecule has 0 saturated carbocycles. The molecule has 0 atom stereocenters. The third kappa shape index (κ3) is 6.51. The average Bonchev–Trinajstić information content (AvgIpc) is 3.88. The minimum absolute atomic E-state index is 0.0354. The number of benzene rings is 10. The highest BCUT2D eigenvalue weighted by Crippen LogP contribution is 2.44. The van der Waals surface area contributed by atoms with E-state index >= 15 is 0 Å². The number of para-hydroxylation sites is 1. The van der Waals surface area contributed by atoms with Crippen LogP contribution in [-0.2, 0) is 0 Å². The fourth-order valence-corrected chi connectivity index (χ4v) is 7.44. The summed E-state index contributed by atoms with van der Waals surface area (Å²) in [4.78, 5) is 1.16. The summed E-state index contributed by atoms with van der Waals surface area (Å²) in [6, 6.07) is 27.6. The van der Waals surface area contributed by atoms with E-state index in [1.807, 2.05) is 84.9 Å². The highest BCUT2D eigenvalue weighted by Gasteiger charge is 2.19. The Kier molecular flexibility index (Phi) is 5.46. The highest BCUT2D eigenvalue weighted by molar-refractivity contribution is 6.15. The Balaban J connectivity index is 1.15. The maximum Gasteiger partial charge on any atom is 0.143 e. The van der Waals surface area contributed by atoms with Crippen LogP contribution in [0.5, 0.6) is 0 Å². The van der Waals surface area contributed by atoms with Gasteiger partial charge in [0.2, 0.25) is 0 Å². The molecule has 0 saturated heterocycles. The van der Waals surface area contributed by atoms with Crippen molar-refractivity contribution in [3.8, 4) is 55.6 Å².